The monoisotopic (exact) mass is 208 g/mol. The fourth-order valence-electron chi connectivity index (χ4n) is 1.48. The van der Waals surface area contributed by atoms with Crippen molar-refractivity contribution in [2.45, 2.75) is 26.3 Å². The van der Waals surface area contributed by atoms with Crippen LogP contribution >= 0.6 is 0 Å². The highest BCUT2D eigenvalue weighted by Gasteiger charge is 2.03. The van der Waals surface area contributed by atoms with Crippen LogP contribution in [0.25, 0.3) is 0 Å². The second kappa shape index (κ2) is 5.61. The van der Waals surface area contributed by atoms with Gasteiger partial charge in [0.05, 0.1) is 0 Å². The number of anilines is 2. The van der Waals surface area contributed by atoms with Crippen LogP contribution in [0.3, 0.4) is 0 Å². The molecular weight excluding hydrogens is 188 g/mol. The van der Waals surface area contributed by atoms with Crippen LogP contribution in [-0.2, 0) is 4.74 Å². The summed E-state index contributed by atoms with van der Waals surface area (Å²) in [5, 5.41) is 3.44. The maximum Gasteiger partial charge on any atom is 0.0481 e. The zero-order valence-electron chi connectivity index (χ0n) is 9.71. The van der Waals surface area contributed by atoms with E-state index in [9.17, 15) is 0 Å². The van der Waals surface area contributed by atoms with Gasteiger partial charge in [0, 0.05) is 31.1 Å². The van der Waals surface area contributed by atoms with Crippen molar-refractivity contribution in [1.82, 2.24) is 0 Å². The van der Waals surface area contributed by atoms with Crippen molar-refractivity contribution in [3.63, 3.8) is 0 Å². The molecule has 0 saturated heterocycles. The van der Waals surface area contributed by atoms with Crippen LogP contribution in [0.15, 0.2) is 18.2 Å². The van der Waals surface area contributed by atoms with Gasteiger partial charge in [-0.1, -0.05) is 0 Å². The molecule has 0 saturated carbocycles. The van der Waals surface area contributed by atoms with Gasteiger partial charge in [-0.15, -0.1) is 0 Å². The Labute approximate surface area is 91.6 Å². The fourth-order valence-corrected chi connectivity index (χ4v) is 1.48. The molecule has 1 aromatic rings. The molecule has 84 valence electrons. The number of nitrogen functional groups attached to an aromatic ring is 1. The summed E-state index contributed by atoms with van der Waals surface area (Å²) in [5.41, 5.74) is 8.82. The summed E-state index contributed by atoms with van der Waals surface area (Å²) < 4.78 is 5.04. The van der Waals surface area contributed by atoms with Gasteiger partial charge in [0.25, 0.3) is 0 Å². The van der Waals surface area contributed by atoms with Crippen molar-refractivity contribution in [2.75, 3.05) is 24.8 Å². The molecule has 0 bridgehead atoms. The minimum absolute atomic E-state index is 0.410. The second-order valence-corrected chi connectivity index (χ2v) is 3.90. The summed E-state index contributed by atoms with van der Waals surface area (Å²) in [7, 11) is 1.72. The maximum absolute atomic E-state index is 5.69. The number of nitrogens with one attached hydrogen (secondary N) is 1. The Morgan fingerprint density at radius 3 is 2.80 bits per heavy atom. The molecule has 3 heteroatoms. The molecule has 3 nitrogen and oxygen atoms in total. The van der Waals surface area contributed by atoms with E-state index in [1.54, 1.807) is 7.11 Å². The van der Waals surface area contributed by atoms with Gasteiger partial charge in [-0.3, -0.25) is 0 Å². The third kappa shape index (κ3) is 3.80. The van der Waals surface area contributed by atoms with E-state index < -0.39 is 0 Å². The average Bonchev–Trinajstić information content (AvgIpc) is 2.19. The number of nitrogens with two attached hydrogens (primary N) is 1. The quantitative estimate of drug-likeness (QED) is 0.730. The van der Waals surface area contributed by atoms with Crippen molar-refractivity contribution < 1.29 is 4.74 Å². The molecule has 0 radical (unpaired) electrons. The van der Waals surface area contributed by atoms with Crippen LogP contribution in [0.2, 0.25) is 0 Å². The standard InChI is InChI=1S/C12H20N2O/c1-9-8-11(13)4-5-12(9)14-10(2)6-7-15-3/h4-5,8,10,14H,6-7,13H2,1-3H3. The van der Waals surface area contributed by atoms with E-state index in [1.807, 2.05) is 18.2 Å². The molecule has 0 aliphatic heterocycles. The Morgan fingerprint density at radius 1 is 1.47 bits per heavy atom. The summed E-state index contributed by atoms with van der Waals surface area (Å²) in [6.07, 6.45) is 1.00. The molecule has 0 aliphatic rings. The van der Waals surface area contributed by atoms with Crippen LogP contribution in [0.4, 0.5) is 11.4 Å². The van der Waals surface area contributed by atoms with Gasteiger partial charge in [-0.05, 0) is 44.0 Å². The molecule has 1 rings (SSSR count). The number of aryl methyl sites for hydroxylation is 1. The topological polar surface area (TPSA) is 47.3 Å². The smallest absolute Gasteiger partial charge is 0.0481 e. The minimum Gasteiger partial charge on any atom is -0.399 e. The third-order valence-electron chi connectivity index (χ3n) is 2.41. The summed E-state index contributed by atoms with van der Waals surface area (Å²) in [5.74, 6) is 0. The lowest BCUT2D eigenvalue weighted by molar-refractivity contribution is 0.191. The fraction of sp³-hybridized carbons (Fsp3) is 0.500. The highest BCUT2D eigenvalue weighted by molar-refractivity contribution is 5.57. The Hall–Kier alpha value is -1.22. The molecule has 0 fully saturated rings. The van der Waals surface area contributed by atoms with E-state index in [0.717, 1.165) is 24.4 Å². The van der Waals surface area contributed by atoms with E-state index in [4.69, 9.17) is 10.5 Å². The molecule has 1 unspecified atom stereocenters. The van der Waals surface area contributed by atoms with E-state index in [-0.39, 0.29) is 0 Å². The predicted molar refractivity (Wildman–Crippen MR) is 65.2 cm³/mol. The van der Waals surface area contributed by atoms with Gasteiger partial charge in [0.15, 0.2) is 0 Å². The molecule has 0 spiro atoms. The highest BCUT2D eigenvalue weighted by Crippen LogP contribution is 2.18. The Morgan fingerprint density at radius 2 is 2.20 bits per heavy atom. The predicted octanol–water partition coefficient (Wildman–Crippen LogP) is 2.41. The van der Waals surface area contributed by atoms with Crippen molar-refractivity contribution in [3.8, 4) is 0 Å². The SMILES string of the molecule is COCCC(C)Nc1ccc(N)cc1C. The Bertz CT molecular complexity index is 312. The number of hydrogen-bond donors (Lipinski definition) is 2. The summed E-state index contributed by atoms with van der Waals surface area (Å²) in [6.45, 7) is 4.98. The van der Waals surface area contributed by atoms with E-state index in [2.05, 4.69) is 19.2 Å². The first-order valence-electron chi connectivity index (χ1n) is 5.25. The first kappa shape index (κ1) is 11.9. The molecule has 1 aromatic carbocycles. The van der Waals surface area contributed by atoms with Gasteiger partial charge in [0.1, 0.15) is 0 Å². The van der Waals surface area contributed by atoms with Crippen LogP contribution in [0.1, 0.15) is 18.9 Å². The Kier molecular flexibility index (Phi) is 4.43. The van der Waals surface area contributed by atoms with E-state index in [0.29, 0.717) is 6.04 Å². The Balaban J connectivity index is 2.56. The average molecular weight is 208 g/mol. The van der Waals surface area contributed by atoms with Crippen molar-refractivity contribution in [1.29, 1.82) is 0 Å². The molecule has 15 heavy (non-hydrogen) atoms. The lowest BCUT2D eigenvalue weighted by Gasteiger charge is -2.16. The van der Waals surface area contributed by atoms with Gasteiger partial charge in [-0.2, -0.15) is 0 Å². The zero-order valence-corrected chi connectivity index (χ0v) is 9.71. The highest BCUT2D eigenvalue weighted by atomic mass is 16.5. The molecule has 0 aliphatic carbocycles. The molecule has 0 amide bonds. The van der Waals surface area contributed by atoms with Crippen molar-refractivity contribution >= 4 is 11.4 Å². The number of hydrogen-bond acceptors (Lipinski definition) is 3. The van der Waals surface area contributed by atoms with Gasteiger partial charge in [-0.25, -0.2) is 0 Å². The van der Waals surface area contributed by atoms with Crippen LogP contribution in [-0.4, -0.2) is 19.8 Å². The second-order valence-electron chi connectivity index (χ2n) is 3.90. The number of rotatable bonds is 5. The zero-order chi connectivity index (χ0) is 11.3. The lowest BCUT2D eigenvalue weighted by Crippen LogP contribution is -2.17. The summed E-state index contributed by atoms with van der Waals surface area (Å²) in [6, 6.07) is 6.32. The molecule has 0 aromatic heterocycles. The normalized spacial score (nSPS) is 12.5. The molecule has 1 atom stereocenters. The van der Waals surface area contributed by atoms with Gasteiger partial charge >= 0.3 is 0 Å². The largest absolute Gasteiger partial charge is 0.399 e. The lowest BCUT2D eigenvalue weighted by atomic mass is 10.1. The first-order valence-corrected chi connectivity index (χ1v) is 5.25. The van der Waals surface area contributed by atoms with Crippen molar-refractivity contribution in [2.24, 2.45) is 0 Å². The number of ether oxygens (including phenoxy) is 1. The van der Waals surface area contributed by atoms with Crippen LogP contribution < -0.4 is 11.1 Å². The van der Waals surface area contributed by atoms with E-state index >= 15 is 0 Å². The maximum atomic E-state index is 5.69. The number of methoxy groups -OCH3 is 1. The minimum atomic E-state index is 0.410. The van der Waals surface area contributed by atoms with Gasteiger partial charge in [0.2, 0.25) is 0 Å². The molecule has 0 heterocycles. The summed E-state index contributed by atoms with van der Waals surface area (Å²) >= 11 is 0. The molecule has 3 N–H and O–H groups in total. The third-order valence-corrected chi connectivity index (χ3v) is 2.41. The van der Waals surface area contributed by atoms with Crippen LogP contribution in [0, 0.1) is 6.92 Å². The first-order chi connectivity index (χ1) is 7.13. The van der Waals surface area contributed by atoms with Gasteiger partial charge < -0.3 is 15.8 Å². The summed E-state index contributed by atoms with van der Waals surface area (Å²) in [4.78, 5) is 0. The van der Waals surface area contributed by atoms with Crippen LogP contribution in [0.5, 0.6) is 0 Å². The van der Waals surface area contributed by atoms with E-state index in [1.165, 1.54) is 5.56 Å². The van der Waals surface area contributed by atoms with Crippen molar-refractivity contribution in [3.05, 3.63) is 23.8 Å². The number of benzene rings is 1. The molecular formula is C12H20N2O.